The number of anilines is 1. The third-order valence-electron chi connectivity index (χ3n) is 9.22. The third kappa shape index (κ3) is 6.91. The minimum atomic E-state index is -2.73. The Balaban J connectivity index is 1.25. The number of alkyl halides is 2. The van der Waals surface area contributed by atoms with Gasteiger partial charge in [0, 0.05) is 54.8 Å². The van der Waals surface area contributed by atoms with Gasteiger partial charge in [0.05, 0.1) is 46.0 Å². The van der Waals surface area contributed by atoms with Crippen LogP contribution in [0.25, 0.3) is 32.2 Å². The zero-order chi connectivity index (χ0) is 35.7. The molecule has 0 saturated carbocycles. The highest BCUT2D eigenvalue weighted by Gasteiger charge is 2.33. The zero-order valence-corrected chi connectivity index (χ0v) is 29.2. The van der Waals surface area contributed by atoms with Crippen molar-refractivity contribution in [3.05, 3.63) is 79.9 Å². The highest BCUT2D eigenvalue weighted by Crippen LogP contribution is 2.37. The van der Waals surface area contributed by atoms with Crippen LogP contribution in [0.1, 0.15) is 53.5 Å². The predicted octanol–water partition coefficient (Wildman–Crippen LogP) is 6.72. The molecule has 0 bridgehead atoms. The smallest absolute Gasteiger partial charge is 0.338 e. The van der Waals surface area contributed by atoms with Crippen molar-refractivity contribution in [1.29, 1.82) is 5.26 Å². The molecule has 11 nitrogen and oxygen atoms in total. The lowest BCUT2D eigenvalue weighted by Gasteiger charge is -2.38. The number of fused-ring (bicyclic) bond motifs is 2. The van der Waals surface area contributed by atoms with Gasteiger partial charge in [-0.1, -0.05) is 24.6 Å². The van der Waals surface area contributed by atoms with Gasteiger partial charge in [-0.15, -0.1) is 11.3 Å². The van der Waals surface area contributed by atoms with E-state index in [1.807, 2.05) is 11.0 Å². The number of pyridine rings is 2. The lowest BCUT2D eigenvalue weighted by molar-refractivity contribution is -0.0397. The number of aryl methyl sites for hydroxylation is 1. The first-order valence-electron chi connectivity index (χ1n) is 16.0. The number of hydrogen-bond acceptors (Lipinski definition) is 10. The molecule has 1 N–H and O–H groups in total. The average molecular weight is 722 g/mol. The summed E-state index contributed by atoms with van der Waals surface area (Å²) in [5.74, 6) is -3.09. The molecule has 6 rings (SSSR count). The van der Waals surface area contributed by atoms with Crippen molar-refractivity contribution in [2.75, 3.05) is 31.6 Å². The Morgan fingerprint density at radius 2 is 2.00 bits per heavy atom. The van der Waals surface area contributed by atoms with Crippen LogP contribution in [-0.4, -0.2) is 74.1 Å². The van der Waals surface area contributed by atoms with Crippen molar-refractivity contribution in [3.8, 4) is 17.2 Å². The number of carboxylic acid groups (broad SMARTS) is 1. The van der Waals surface area contributed by atoms with Crippen LogP contribution >= 0.6 is 22.9 Å². The van der Waals surface area contributed by atoms with Crippen LogP contribution in [0.3, 0.4) is 0 Å². The summed E-state index contributed by atoms with van der Waals surface area (Å²) in [5, 5.41) is 22.0. The van der Waals surface area contributed by atoms with Gasteiger partial charge < -0.3 is 14.7 Å². The van der Waals surface area contributed by atoms with Crippen molar-refractivity contribution in [1.82, 2.24) is 24.4 Å². The average Bonchev–Trinajstić information content (AvgIpc) is 3.54. The molecule has 0 unspecified atom stereocenters. The van der Waals surface area contributed by atoms with Gasteiger partial charge in [-0.3, -0.25) is 19.2 Å². The van der Waals surface area contributed by atoms with E-state index in [-0.39, 0.29) is 54.4 Å². The Bertz CT molecular complexity index is 2190. The Kier molecular flexibility index (Phi) is 10.1. The number of ether oxygens (including phenoxy) is 1. The van der Waals surface area contributed by atoms with Gasteiger partial charge in [-0.25, -0.2) is 23.5 Å². The van der Waals surface area contributed by atoms with Gasteiger partial charge in [0.25, 0.3) is 11.5 Å². The first-order chi connectivity index (χ1) is 23.9. The highest BCUT2D eigenvalue weighted by atomic mass is 35.5. The number of carbonyl (C=O) groups is 1. The number of benzene rings is 1. The summed E-state index contributed by atoms with van der Waals surface area (Å²) in [4.78, 5) is 42.7. The maximum atomic E-state index is 14.0. The van der Waals surface area contributed by atoms with E-state index in [9.17, 15) is 28.7 Å². The summed E-state index contributed by atoms with van der Waals surface area (Å²) < 4.78 is 36.1. The molecule has 0 spiro atoms. The number of carboxylic acids is 1. The van der Waals surface area contributed by atoms with E-state index in [1.165, 1.54) is 29.0 Å². The fourth-order valence-corrected chi connectivity index (χ4v) is 7.58. The normalized spacial score (nSPS) is 14.3. The zero-order valence-electron chi connectivity index (χ0n) is 27.6. The van der Waals surface area contributed by atoms with Crippen LogP contribution in [0.4, 0.5) is 14.6 Å². The number of nitriles is 1. The molecule has 1 aliphatic heterocycles. The molecule has 0 atom stereocenters. The largest absolute Gasteiger partial charge is 0.478 e. The molecule has 1 saturated heterocycles. The molecule has 1 aromatic carbocycles. The summed E-state index contributed by atoms with van der Waals surface area (Å²) >= 11 is 7.66. The fourth-order valence-electron chi connectivity index (χ4n) is 6.38. The number of hydrogen-bond donors (Lipinski definition) is 1. The van der Waals surface area contributed by atoms with Gasteiger partial charge in [-0.2, -0.15) is 5.26 Å². The molecule has 0 aliphatic carbocycles. The molecule has 50 heavy (non-hydrogen) atoms. The first-order valence-corrected chi connectivity index (χ1v) is 17.3. The second-order valence-corrected chi connectivity index (χ2v) is 13.6. The Morgan fingerprint density at radius 3 is 2.70 bits per heavy atom. The van der Waals surface area contributed by atoms with Crippen LogP contribution in [-0.2, 0) is 18.1 Å². The quantitative estimate of drug-likeness (QED) is 0.157. The Labute approximate surface area is 295 Å². The maximum absolute atomic E-state index is 14.0. The Hall–Kier alpha value is -4.55. The number of piperidine rings is 1. The van der Waals surface area contributed by atoms with Crippen LogP contribution in [0.2, 0.25) is 5.02 Å². The summed E-state index contributed by atoms with van der Waals surface area (Å²) in [5.41, 5.74) is 2.66. The third-order valence-corrected chi connectivity index (χ3v) is 10.5. The van der Waals surface area contributed by atoms with Crippen molar-refractivity contribution >= 4 is 55.8 Å². The second kappa shape index (κ2) is 14.4. The number of likely N-dealkylation sites (tertiary alicyclic amines) is 1. The minimum Gasteiger partial charge on any atom is -0.478 e. The van der Waals surface area contributed by atoms with E-state index in [0.717, 1.165) is 16.7 Å². The molecule has 4 aromatic heterocycles. The van der Waals surface area contributed by atoms with Gasteiger partial charge in [-0.05, 0) is 49.1 Å². The molecule has 0 radical (unpaired) electrons. The lowest BCUT2D eigenvalue weighted by atomic mass is 10.00. The number of aromatic carboxylic acids is 1. The topological polar surface area (TPSA) is 137 Å². The van der Waals surface area contributed by atoms with E-state index < -0.39 is 17.5 Å². The molecule has 0 amide bonds. The van der Waals surface area contributed by atoms with Crippen LogP contribution < -0.4 is 10.5 Å². The fraction of sp³-hybridized carbons (Fsp3) is 0.371. The van der Waals surface area contributed by atoms with E-state index >= 15 is 0 Å². The molecular weight excluding hydrogens is 688 g/mol. The van der Waals surface area contributed by atoms with E-state index in [0.29, 0.717) is 52.8 Å². The molecule has 1 aliphatic rings. The van der Waals surface area contributed by atoms with Gasteiger partial charge in [0.15, 0.2) is 0 Å². The number of thiophene rings is 1. The monoisotopic (exact) mass is 721 g/mol. The molecule has 5 heterocycles. The minimum absolute atomic E-state index is 0.0531. The van der Waals surface area contributed by atoms with Crippen molar-refractivity contribution in [3.63, 3.8) is 0 Å². The first kappa shape index (κ1) is 35.3. The molecule has 15 heteroatoms. The summed E-state index contributed by atoms with van der Waals surface area (Å²) in [6.45, 7) is 3.77. The van der Waals surface area contributed by atoms with Gasteiger partial charge >= 0.3 is 5.97 Å². The van der Waals surface area contributed by atoms with Crippen LogP contribution in [0.5, 0.6) is 0 Å². The van der Waals surface area contributed by atoms with Gasteiger partial charge in [0.2, 0.25) is 0 Å². The molecule has 1 fully saturated rings. The lowest BCUT2D eigenvalue weighted by Crippen LogP contribution is -2.47. The summed E-state index contributed by atoms with van der Waals surface area (Å²) in [6.07, 6.45) is 4.04. The van der Waals surface area contributed by atoms with E-state index in [1.54, 1.807) is 48.6 Å². The maximum Gasteiger partial charge on any atom is 0.338 e. The Morgan fingerprint density at radius 1 is 1.24 bits per heavy atom. The number of halogens is 3. The molecular formula is C35H34ClF2N7O4S. The summed E-state index contributed by atoms with van der Waals surface area (Å²) in [6, 6.07) is 9.22. The number of rotatable bonds is 11. The second-order valence-electron chi connectivity index (χ2n) is 12.3. The van der Waals surface area contributed by atoms with Crippen LogP contribution in [0, 0.1) is 18.3 Å². The van der Waals surface area contributed by atoms with Crippen molar-refractivity contribution < 1.29 is 23.4 Å². The van der Waals surface area contributed by atoms with Gasteiger partial charge in [0.1, 0.15) is 30.0 Å². The number of aromatic nitrogens is 4. The van der Waals surface area contributed by atoms with E-state index in [2.05, 4.69) is 21.0 Å². The van der Waals surface area contributed by atoms with Crippen LogP contribution in [0.15, 0.2) is 46.8 Å². The van der Waals surface area contributed by atoms with Crippen molar-refractivity contribution in [2.45, 2.75) is 58.4 Å². The highest BCUT2D eigenvalue weighted by molar-refractivity contribution is 7.18. The summed E-state index contributed by atoms with van der Waals surface area (Å²) in [7, 11) is 1.80. The predicted molar refractivity (Wildman–Crippen MR) is 188 cm³/mol. The SMILES string of the molecule is CCC(F)(F)CN1CCC(N(C)c2ncc3nc(C)n(COCc4ccc(Cl)cc4-c4ccnc5c(C(=O)O)csc45)c(=O)c3c2C#N)CC1. The molecule has 260 valence electrons. The standard InChI is InChI=1S/C35H34ClF2N7O4S/c1-4-35(37,38)18-44-11-8-23(9-12-44)43(3)32-26(14-39)29-28(15-41-32)42-20(2)45(33(29)46)19-49-16-21-5-6-22(36)13-25(21)24-7-10-40-30-27(34(47)48)17-50-31(24)30/h5-7,10,13,15,17,23H,4,8-9,11-12,16,18-19H2,1-3H3,(H,47,48). The van der Waals surface area contributed by atoms with E-state index in [4.69, 9.17) is 16.3 Å². The number of nitrogens with zero attached hydrogens (tertiary/aromatic N) is 7. The van der Waals surface area contributed by atoms with Crippen molar-refractivity contribution in [2.24, 2.45) is 0 Å². The molecule has 5 aromatic rings.